The molecular weight excluding hydrogens is 443 g/mol. The van der Waals surface area contributed by atoms with Crippen molar-refractivity contribution in [2.45, 2.75) is 33.1 Å². The number of Topliss-reactive ketones (excluding diaryl/α,β-unsaturated/α-hetero) is 1. The number of halogens is 2. The zero-order valence-electron chi connectivity index (χ0n) is 18.7. The van der Waals surface area contributed by atoms with E-state index in [1.54, 1.807) is 25.1 Å². The lowest BCUT2D eigenvalue weighted by Gasteiger charge is -2.19. The summed E-state index contributed by atoms with van der Waals surface area (Å²) in [5, 5.41) is 0.165. The molecule has 1 aliphatic heterocycles. The second-order valence-corrected chi connectivity index (χ2v) is 9.26. The van der Waals surface area contributed by atoms with Crippen molar-refractivity contribution in [3.8, 4) is 11.5 Å². The predicted octanol–water partition coefficient (Wildman–Crippen LogP) is 6.92. The maximum atomic E-state index is 14.1. The lowest BCUT2D eigenvalue weighted by molar-refractivity contribution is 0.0733. The van der Waals surface area contributed by atoms with E-state index in [1.807, 2.05) is 12.1 Å². The van der Waals surface area contributed by atoms with Crippen LogP contribution in [-0.2, 0) is 5.41 Å². The van der Waals surface area contributed by atoms with Crippen molar-refractivity contribution in [1.29, 1.82) is 0 Å². The van der Waals surface area contributed by atoms with Crippen LogP contribution in [0.2, 0.25) is 5.02 Å². The van der Waals surface area contributed by atoms with E-state index in [0.29, 0.717) is 16.7 Å². The quantitative estimate of drug-likeness (QED) is 0.240. The third kappa shape index (κ3) is 4.41. The molecule has 0 radical (unpaired) electrons. The first-order chi connectivity index (χ1) is 15.6. The fourth-order valence-electron chi connectivity index (χ4n) is 3.52. The molecule has 0 saturated heterocycles. The summed E-state index contributed by atoms with van der Waals surface area (Å²) < 4.78 is 25.5. The second-order valence-electron chi connectivity index (χ2n) is 8.86. The third-order valence-electron chi connectivity index (χ3n) is 5.50. The van der Waals surface area contributed by atoms with Crippen LogP contribution in [0.15, 0.2) is 60.4 Å². The summed E-state index contributed by atoms with van der Waals surface area (Å²) in [6, 6.07) is 14.6. The lowest BCUT2D eigenvalue weighted by atomic mass is 9.87. The van der Waals surface area contributed by atoms with Gasteiger partial charge in [-0.15, -0.1) is 0 Å². The number of rotatable bonds is 3. The molecule has 3 aromatic rings. The summed E-state index contributed by atoms with van der Waals surface area (Å²) in [6.07, 6.45) is 1.28. The van der Waals surface area contributed by atoms with Gasteiger partial charge in [-0.1, -0.05) is 50.6 Å². The van der Waals surface area contributed by atoms with Gasteiger partial charge in [0.15, 0.2) is 5.76 Å². The molecule has 1 heterocycles. The highest BCUT2D eigenvalue weighted by atomic mass is 35.5. The molecule has 0 aromatic heterocycles. The molecule has 0 atom stereocenters. The Labute approximate surface area is 196 Å². The fourth-order valence-corrected chi connectivity index (χ4v) is 3.74. The van der Waals surface area contributed by atoms with E-state index < -0.39 is 17.6 Å². The third-order valence-corrected chi connectivity index (χ3v) is 5.83. The number of fused-ring (bicyclic) bond motifs is 1. The summed E-state index contributed by atoms with van der Waals surface area (Å²) in [5.41, 5.74) is 2.35. The van der Waals surface area contributed by atoms with Crippen molar-refractivity contribution < 1.29 is 23.5 Å². The zero-order chi connectivity index (χ0) is 23.9. The standard InChI is InChI=1S/C27H22ClFO4/c1-15-22(33-26(31)16-8-10-17(11-9-16)27(2,3)4)13-12-18-24(30)23(32-25(15)18)14-19-20(28)6-5-7-21(19)29/h5-14H,1-4H3/b23-14-. The monoisotopic (exact) mass is 464 g/mol. The van der Waals surface area contributed by atoms with Crippen LogP contribution >= 0.6 is 11.6 Å². The first kappa shape index (κ1) is 22.7. The molecule has 4 nitrogen and oxygen atoms in total. The Morgan fingerprint density at radius 3 is 2.39 bits per heavy atom. The summed E-state index contributed by atoms with van der Waals surface area (Å²) in [7, 11) is 0. The van der Waals surface area contributed by atoms with Crippen LogP contribution < -0.4 is 9.47 Å². The van der Waals surface area contributed by atoms with Gasteiger partial charge in [0, 0.05) is 11.1 Å². The molecule has 0 fully saturated rings. The smallest absolute Gasteiger partial charge is 0.343 e. The predicted molar refractivity (Wildman–Crippen MR) is 126 cm³/mol. The lowest BCUT2D eigenvalue weighted by Crippen LogP contribution is -2.13. The number of allylic oxidation sites excluding steroid dienone is 1. The van der Waals surface area contributed by atoms with Gasteiger partial charge in [-0.05, 0) is 60.4 Å². The summed E-state index contributed by atoms with van der Waals surface area (Å²) in [5.74, 6) is -0.990. The van der Waals surface area contributed by atoms with Crippen LogP contribution in [-0.4, -0.2) is 11.8 Å². The van der Waals surface area contributed by atoms with Crippen LogP contribution in [0.4, 0.5) is 4.39 Å². The maximum Gasteiger partial charge on any atom is 0.343 e. The molecule has 0 aliphatic carbocycles. The Morgan fingerprint density at radius 1 is 1.06 bits per heavy atom. The highest BCUT2D eigenvalue weighted by molar-refractivity contribution is 6.32. The Morgan fingerprint density at radius 2 is 1.76 bits per heavy atom. The van der Waals surface area contributed by atoms with Crippen LogP contribution in [0.25, 0.3) is 6.08 Å². The number of ketones is 1. The van der Waals surface area contributed by atoms with Gasteiger partial charge >= 0.3 is 5.97 Å². The van der Waals surface area contributed by atoms with Gasteiger partial charge in [0.25, 0.3) is 0 Å². The van der Waals surface area contributed by atoms with Gasteiger partial charge in [-0.3, -0.25) is 4.79 Å². The summed E-state index contributed by atoms with van der Waals surface area (Å²) >= 11 is 6.06. The van der Waals surface area contributed by atoms with E-state index in [0.717, 1.165) is 5.56 Å². The van der Waals surface area contributed by atoms with Gasteiger partial charge in [0.1, 0.15) is 17.3 Å². The Kier molecular flexibility index (Phi) is 5.85. The first-order valence-electron chi connectivity index (χ1n) is 10.4. The van der Waals surface area contributed by atoms with Gasteiger partial charge in [0.2, 0.25) is 5.78 Å². The maximum absolute atomic E-state index is 14.1. The molecule has 4 rings (SSSR count). The molecule has 0 spiro atoms. The molecular formula is C27H22ClFO4. The van der Waals surface area contributed by atoms with Gasteiger partial charge in [-0.25, -0.2) is 9.18 Å². The number of ether oxygens (including phenoxy) is 2. The normalized spacial score (nSPS) is 14.2. The number of hydrogen-bond acceptors (Lipinski definition) is 4. The van der Waals surface area contributed by atoms with Crippen molar-refractivity contribution in [3.63, 3.8) is 0 Å². The Balaban J connectivity index is 1.59. The SMILES string of the molecule is Cc1c(OC(=O)c2ccc(C(C)(C)C)cc2)ccc2c1O/C(=C\c1c(F)cccc1Cl)C2=O. The van der Waals surface area contributed by atoms with E-state index in [2.05, 4.69) is 20.8 Å². The van der Waals surface area contributed by atoms with Crippen LogP contribution in [0, 0.1) is 12.7 Å². The highest BCUT2D eigenvalue weighted by Crippen LogP contribution is 2.40. The summed E-state index contributed by atoms with van der Waals surface area (Å²) in [6.45, 7) is 7.98. The minimum Gasteiger partial charge on any atom is -0.452 e. The number of benzene rings is 3. The minimum atomic E-state index is -0.564. The van der Waals surface area contributed by atoms with E-state index in [1.165, 1.54) is 30.3 Å². The molecule has 168 valence electrons. The average molecular weight is 465 g/mol. The second kappa shape index (κ2) is 8.49. The highest BCUT2D eigenvalue weighted by Gasteiger charge is 2.31. The van der Waals surface area contributed by atoms with Gasteiger partial charge < -0.3 is 9.47 Å². The molecule has 0 amide bonds. The van der Waals surface area contributed by atoms with Crippen molar-refractivity contribution in [1.82, 2.24) is 0 Å². The number of hydrogen-bond donors (Lipinski definition) is 0. The molecule has 0 bridgehead atoms. The molecule has 0 N–H and O–H groups in total. The molecule has 1 aliphatic rings. The fraction of sp³-hybridized carbons (Fsp3) is 0.185. The summed E-state index contributed by atoms with van der Waals surface area (Å²) in [4.78, 5) is 25.5. The number of esters is 1. The van der Waals surface area contributed by atoms with Gasteiger partial charge in [-0.2, -0.15) is 0 Å². The van der Waals surface area contributed by atoms with Gasteiger partial charge in [0.05, 0.1) is 16.1 Å². The van der Waals surface area contributed by atoms with Crippen molar-refractivity contribution >= 4 is 29.4 Å². The van der Waals surface area contributed by atoms with E-state index in [9.17, 15) is 14.0 Å². The molecule has 6 heteroatoms. The Bertz CT molecular complexity index is 1280. The molecule has 0 saturated carbocycles. The van der Waals surface area contributed by atoms with Crippen LogP contribution in [0.5, 0.6) is 11.5 Å². The van der Waals surface area contributed by atoms with Crippen molar-refractivity contribution in [2.24, 2.45) is 0 Å². The number of carbonyl (C=O) groups is 2. The first-order valence-corrected chi connectivity index (χ1v) is 10.8. The van der Waals surface area contributed by atoms with E-state index >= 15 is 0 Å². The van der Waals surface area contributed by atoms with E-state index in [4.69, 9.17) is 21.1 Å². The topological polar surface area (TPSA) is 52.6 Å². The van der Waals surface area contributed by atoms with Crippen LogP contribution in [0.1, 0.15) is 58.2 Å². The largest absolute Gasteiger partial charge is 0.452 e. The Hall–Kier alpha value is -3.44. The zero-order valence-corrected chi connectivity index (χ0v) is 19.4. The van der Waals surface area contributed by atoms with Crippen LogP contribution in [0.3, 0.4) is 0 Å². The number of carbonyl (C=O) groups excluding carboxylic acids is 2. The van der Waals surface area contributed by atoms with Crippen molar-refractivity contribution in [2.75, 3.05) is 0 Å². The molecule has 3 aromatic carbocycles. The minimum absolute atomic E-state index is 0.0268. The van der Waals surface area contributed by atoms with Crippen molar-refractivity contribution in [3.05, 3.63) is 99.0 Å². The average Bonchev–Trinajstić information content (AvgIpc) is 3.08. The van der Waals surface area contributed by atoms with E-state index in [-0.39, 0.29) is 33.3 Å². The molecule has 33 heavy (non-hydrogen) atoms. The molecule has 0 unspecified atom stereocenters.